The fraction of sp³-hybridized carbons (Fsp3) is 0.909. The quantitative estimate of drug-likeness (QED) is 0.719. The molecule has 2 saturated heterocycles. The molecule has 2 rings (SSSR count). The standard InChI is InChI=1S/C11H20N2O2/c1-2-13(7-11(14)15)10-5-8-3-4-9(6-10)12-8/h8-10,12H,2-7H2,1H3,(H,14,15). The number of nitrogens with zero attached hydrogens (tertiary/aromatic N) is 1. The maximum absolute atomic E-state index is 10.7. The van der Waals surface area contributed by atoms with Gasteiger partial charge >= 0.3 is 5.97 Å². The third-order valence-electron chi connectivity index (χ3n) is 3.71. The molecule has 0 saturated carbocycles. The minimum Gasteiger partial charge on any atom is -0.480 e. The summed E-state index contributed by atoms with van der Waals surface area (Å²) in [4.78, 5) is 12.8. The van der Waals surface area contributed by atoms with Crippen molar-refractivity contribution in [3.05, 3.63) is 0 Å². The average molecular weight is 212 g/mol. The molecule has 2 N–H and O–H groups in total. The van der Waals surface area contributed by atoms with E-state index in [4.69, 9.17) is 5.11 Å². The second kappa shape index (κ2) is 4.49. The largest absolute Gasteiger partial charge is 0.480 e. The topological polar surface area (TPSA) is 52.6 Å². The Kier molecular flexibility index (Phi) is 3.26. The zero-order valence-electron chi connectivity index (χ0n) is 9.28. The van der Waals surface area contributed by atoms with Gasteiger partial charge in [-0.2, -0.15) is 0 Å². The molecule has 86 valence electrons. The van der Waals surface area contributed by atoms with Crippen LogP contribution in [0.1, 0.15) is 32.6 Å². The van der Waals surface area contributed by atoms with Crippen molar-refractivity contribution in [1.29, 1.82) is 0 Å². The predicted octanol–water partition coefficient (Wildman–Crippen LogP) is 0.676. The summed E-state index contributed by atoms with van der Waals surface area (Å²) < 4.78 is 0. The van der Waals surface area contributed by atoms with E-state index in [-0.39, 0.29) is 6.54 Å². The van der Waals surface area contributed by atoms with Gasteiger partial charge in [0.2, 0.25) is 0 Å². The van der Waals surface area contributed by atoms with Gasteiger partial charge in [0.15, 0.2) is 0 Å². The van der Waals surface area contributed by atoms with Gasteiger partial charge < -0.3 is 10.4 Å². The number of carbonyl (C=O) groups is 1. The monoisotopic (exact) mass is 212 g/mol. The molecule has 0 radical (unpaired) electrons. The zero-order valence-corrected chi connectivity index (χ0v) is 9.28. The van der Waals surface area contributed by atoms with Crippen molar-refractivity contribution in [1.82, 2.24) is 10.2 Å². The molecule has 4 heteroatoms. The number of rotatable bonds is 4. The van der Waals surface area contributed by atoms with Gasteiger partial charge in [0.1, 0.15) is 0 Å². The number of piperidine rings is 1. The molecule has 0 aromatic carbocycles. The van der Waals surface area contributed by atoms with Crippen LogP contribution in [0.15, 0.2) is 0 Å². The number of aliphatic carboxylic acids is 1. The molecule has 0 aromatic heterocycles. The highest BCUT2D eigenvalue weighted by Gasteiger charge is 2.35. The molecule has 4 nitrogen and oxygen atoms in total. The third-order valence-corrected chi connectivity index (χ3v) is 3.71. The van der Waals surface area contributed by atoms with Crippen LogP contribution in [0.5, 0.6) is 0 Å². The summed E-state index contributed by atoms with van der Waals surface area (Å²) in [7, 11) is 0. The Labute approximate surface area is 90.6 Å². The number of hydrogen-bond acceptors (Lipinski definition) is 3. The number of likely N-dealkylation sites (N-methyl/N-ethyl adjacent to an activating group) is 1. The van der Waals surface area contributed by atoms with E-state index < -0.39 is 5.97 Å². The molecule has 2 atom stereocenters. The number of fused-ring (bicyclic) bond motifs is 2. The minimum atomic E-state index is -0.706. The molecule has 2 aliphatic heterocycles. The smallest absolute Gasteiger partial charge is 0.317 e. The third kappa shape index (κ3) is 2.49. The summed E-state index contributed by atoms with van der Waals surface area (Å²) in [5.74, 6) is -0.706. The zero-order chi connectivity index (χ0) is 10.8. The van der Waals surface area contributed by atoms with Gasteiger partial charge in [0.25, 0.3) is 0 Å². The first-order valence-corrected chi connectivity index (χ1v) is 5.91. The normalized spacial score (nSPS) is 34.7. The first-order valence-electron chi connectivity index (χ1n) is 5.91. The van der Waals surface area contributed by atoms with E-state index in [1.165, 1.54) is 12.8 Å². The molecule has 0 amide bonds. The van der Waals surface area contributed by atoms with Crippen LogP contribution in [0.25, 0.3) is 0 Å². The maximum atomic E-state index is 10.7. The summed E-state index contributed by atoms with van der Waals surface area (Å²) in [6.45, 7) is 3.09. The minimum absolute atomic E-state index is 0.195. The van der Waals surface area contributed by atoms with E-state index >= 15 is 0 Å². The molecule has 0 spiro atoms. The van der Waals surface area contributed by atoms with Gasteiger partial charge in [-0.3, -0.25) is 9.69 Å². The van der Waals surface area contributed by atoms with Crippen LogP contribution in [0.3, 0.4) is 0 Å². The fourth-order valence-electron chi connectivity index (χ4n) is 3.00. The van der Waals surface area contributed by atoms with Crippen LogP contribution in [0.4, 0.5) is 0 Å². The molecule has 15 heavy (non-hydrogen) atoms. The highest BCUT2D eigenvalue weighted by Crippen LogP contribution is 2.29. The highest BCUT2D eigenvalue weighted by molar-refractivity contribution is 5.69. The van der Waals surface area contributed by atoms with Gasteiger partial charge in [0.05, 0.1) is 6.54 Å². The van der Waals surface area contributed by atoms with Crippen molar-refractivity contribution >= 4 is 5.97 Å². The number of carboxylic acids is 1. The summed E-state index contributed by atoms with van der Waals surface area (Å²) in [6, 6.07) is 1.75. The number of nitrogens with one attached hydrogen (secondary N) is 1. The summed E-state index contributed by atoms with van der Waals surface area (Å²) in [5, 5.41) is 12.4. The Morgan fingerprint density at radius 3 is 2.47 bits per heavy atom. The van der Waals surface area contributed by atoms with Gasteiger partial charge in [-0.1, -0.05) is 6.92 Å². The van der Waals surface area contributed by atoms with Crippen LogP contribution in [-0.4, -0.2) is 47.2 Å². The van der Waals surface area contributed by atoms with E-state index in [1.54, 1.807) is 0 Å². The van der Waals surface area contributed by atoms with Gasteiger partial charge in [-0.15, -0.1) is 0 Å². The maximum Gasteiger partial charge on any atom is 0.317 e. The van der Waals surface area contributed by atoms with Crippen molar-refractivity contribution in [3.8, 4) is 0 Å². The summed E-state index contributed by atoms with van der Waals surface area (Å²) >= 11 is 0. The number of hydrogen-bond donors (Lipinski definition) is 2. The molecule has 0 aromatic rings. The average Bonchev–Trinajstić information content (AvgIpc) is 2.54. The molecule has 2 fully saturated rings. The lowest BCUT2D eigenvalue weighted by molar-refractivity contribution is -0.139. The lowest BCUT2D eigenvalue weighted by Crippen LogP contribution is -2.49. The SMILES string of the molecule is CCN(CC(=O)O)C1CC2CCC(C1)N2. The molecule has 2 heterocycles. The van der Waals surface area contributed by atoms with Crippen molar-refractivity contribution in [2.24, 2.45) is 0 Å². The van der Waals surface area contributed by atoms with Gasteiger partial charge in [0, 0.05) is 18.1 Å². The Hall–Kier alpha value is -0.610. The van der Waals surface area contributed by atoms with E-state index in [0.29, 0.717) is 18.1 Å². The Balaban J connectivity index is 1.93. The van der Waals surface area contributed by atoms with Crippen LogP contribution < -0.4 is 5.32 Å². The van der Waals surface area contributed by atoms with E-state index in [9.17, 15) is 4.79 Å². The van der Waals surface area contributed by atoms with Crippen LogP contribution in [0.2, 0.25) is 0 Å². The molecular formula is C11H20N2O2. The lowest BCUT2D eigenvalue weighted by atomic mass is 9.98. The number of carboxylic acid groups (broad SMARTS) is 1. The molecule has 2 aliphatic rings. The Morgan fingerprint density at radius 1 is 1.40 bits per heavy atom. The second-order valence-corrected chi connectivity index (χ2v) is 4.72. The van der Waals surface area contributed by atoms with Gasteiger partial charge in [-0.05, 0) is 32.2 Å². The highest BCUT2D eigenvalue weighted by atomic mass is 16.4. The van der Waals surface area contributed by atoms with Crippen LogP contribution in [-0.2, 0) is 4.79 Å². The van der Waals surface area contributed by atoms with E-state index in [1.807, 2.05) is 6.92 Å². The van der Waals surface area contributed by atoms with Crippen LogP contribution in [0, 0.1) is 0 Å². The molecule has 2 unspecified atom stereocenters. The van der Waals surface area contributed by atoms with E-state index in [2.05, 4.69) is 10.2 Å². The first-order chi connectivity index (χ1) is 7.19. The predicted molar refractivity (Wildman–Crippen MR) is 57.9 cm³/mol. The van der Waals surface area contributed by atoms with Crippen molar-refractivity contribution in [3.63, 3.8) is 0 Å². The van der Waals surface area contributed by atoms with Crippen molar-refractivity contribution in [2.45, 2.75) is 50.7 Å². The molecule has 2 bridgehead atoms. The molecular weight excluding hydrogens is 192 g/mol. The fourth-order valence-corrected chi connectivity index (χ4v) is 3.00. The second-order valence-electron chi connectivity index (χ2n) is 4.72. The van der Waals surface area contributed by atoms with Crippen LogP contribution >= 0.6 is 0 Å². The Morgan fingerprint density at radius 2 is 2.00 bits per heavy atom. The van der Waals surface area contributed by atoms with Crippen molar-refractivity contribution < 1.29 is 9.90 Å². The summed E-state index contributed by atoms with van der Waals surface area (Å²) in [5.41, 5.74) is 0. The summed E-state index contributed by atoms with van der Waals surface area (Å²) in [6.07, 6.45) is 4.78. The van der Waals surface area contributed by atoms with Crippen molar-refractivity contribution in [2.75, 3.05) is 13.1 Å². The Bertz CT molecular complexity index is 233. The lowest BCUT2D eigenvalue weighted by Gasteiger charge is -2.36. The molecule has 0 aliphatic carbocycles. The van der Waals surface area contributed by atoms with Gasteiger partial charge in [-0.25, -0.2) is 0 Å². The first kappa shape index (κ1) is 10.9. The van der Waals surface area contributed by atoms with E-state index in [0.717, 1.165) is 19.4 Å².